The maximum Gasteiger partial charge on any atom is 0.320 e. The van der Waals surface area contributed by atoms with Crippen molar-refractivity contribution in [1.29, 1.82) is 0 Å². The molecule has 1 fully saturated rings. The van der Waals surface area contributed by atoms with Crippen LogP contribution in [0.4, 0.5) is 0 Å². The van der Waals surface area contributed by atoms with Crippen LogP contribution in [0.5, 0.6) is 11.5 Å². The van der Waals surface area contributed by atoms with Crippen molar-refractivity contribution in [1.82, 2.24) is 4.90 Å². The minimum absolute atomic E-state index is 0.142. The van der Waals surface area contributed by atoms with E-state index in [0.29, 0.717) is 24.5 Å². The topological polar surface area (TPSA) is 59.0 Å². The smallest absolute Gasteiger partial charge is 0.320 e. The van der Waals surface area contributed by atoms with Crippen LogP contribution in [0.15, 0.2) is 48.5 Å². The van der Waals surface area contributed by atoms with E-state index in [1.807, 2.05) is 43.3 Å². The van der Waals surface area contributed by atoms with Crippen molar-refractivity contribution in [3.8, 4) is 11.5 Å². The highest BCUT2D eigenvalue weighted by Gasteiger charge is 2.35. The number of carboxylic acid groups (broad SMARTS) is 1. The molecule has 144 valence electrons. The van der Waals surface area contributed by atoms with E-state index in [0.717, 1.165) is 30.5 Å². The van der Waals surface area contributed by atoms with E-state index >= 15 is 0 Å². The van der Waals surface area contributed by atoms with Crippen LogP contribution in [0.25, 0.3) is 0 Å². The monoisotopic (exact) mass is 369 g/mol. The normalized spacial score (nSPS) is 18.7. The van der Waals surface area contributed by atoms with Crippen molar-refractivity contribution in [3.05, 3.63) is 59.7 Å². The Bertz CT molecular complexity index is 762. The molecule has 27 heavy (non-hydrogen) atoms. The Labute approximate surface area is 160 Å². The summed E-state index contributed by atoms with van der Waals surface area (Å²) in [7, 11) is 1.63. The summed E-state index contributed by atoms with van der Waals surface area (Å²) in [6, 6.07) is 15.3. The molecule has 5 heteroatoms. The van der Waals surface area contributed by atoms with Crippen molar-refractivity contribution < 1.29 is 19.4 Å². The van der Waals surface area contributed by atoms with Crippen molar-refractivity contribution in [2.45, 2.75) is 38.3 Å². The summed E-state index contributed by atoms with van der Waals surface area (Å²) in [5.41, 5.74) is 2.09. The molecule has 1 aliphatic heterocycles. The Morgan fingerprint density at radius 2 is 1.93 bits per heavy atom. The van der Waals surface area contributed by atoms with E-state index in [-0.39, 0.29) is 6.04 Å². The van der Waals surface area contributed by atoms with E-state index in [4.69, 9.17) is 9.47 Å². The number of ether oxygens (including phenoxy) is 2. The lowest BCUT2D eigenvalue weighted by Crippen LogP contribution is -2.46. The van der Waals surface area contributed by atoms with Gasteiger partial charge < -0.3 is 14.6 Å². The minimum Gasteiger partial charge on any atom is -0.493 e. The van der Waals surface area contributed by atoms with Crippen LogP contribution in [0.3, 0.4) is 0 Å². The molecule has 2 atom stereocenters. The summed E-state index contributed by atoms with van der Waals surface area (Å²) in [6.07, 6.45) is 2.62. The standard InChI is InChI=1S/C22H27NO4/c1-3-27-19-13-12-17(15-20(19)26-2)21(16-9-5-4-6-10-16)23-14-8-7-11-18(23)22(24)25/h4-6,9-10,12-13,15,18,21H,3,7-8,11,14H2,1-2H3,(H,24,25). The van der Waals surface area contributed by atoms with Gasteiger partial charge in [0.15, 0.2) is 11.5 Å². The van der Waals surface area contributed by atoms with Crippen LogP contribution in [0.1, 0.15) is 43.4 Å². The molecule has 1 saturated heterocycles. The molecule has 0 spiro atoms. The van der Waals surface area contributed by atoms with E-state index < -0.39 is 12.0 Å². The van der Waals surface area contributed by atoms with Crippen LogP contribution < -0.4 is 9.47 Å². The number of piperidine rings is 1. The van der Waals surface area contributed by atoms with Crippen LogP contribution in [0.2, 0.25) is 0 Å². The maximum absolute atomic E-state index is 11.9. The van der Waals surface area contributed by atoms with Crippen LogP contribution in [0, 0.1) is 0 Å². The highest BCUT2D eigenvalue weighted by Crippen LogP contribution is 2.38. The predicted octanol–water partition coefficient (Wildman–Crippen LogP) is 4.12. The van der Waals surface area contributed by atoms with Gasteiger partial charge in [0.2, 0.25) is 0 Å². The first-order valence-electron chi connectivity index (χ1n) is 9.50. The van der Waals surface area contributed by atoms with Crippen molar-refractivity contribution in [2.75, 3.05) is 20.3 Å². The van der Waals surface area contributed by atoms with Gasteiger partial charge in [-0.05, 0) is 49.6 Å². The van der Waals surface area contributed by atoms with Gasteiger partial charge in [0.1, 0.15) is 6.04 Å². The van der Waals surface area contributed by atoms with Gasteiger partial charge >= 0.3 is 5.97 Å². The molecule has 0 bridgehead atoms. The Morgan fingerprint density at radius 1 is 1.15 bits per heavy atom. The van der Waals surface area contributed by atoms with Gasteiger partial charge in [-0.1, -0.05) is 42.8 Å². The van der Waals surface area contributed by atoms with Crippen LogP contribution in [-0.2, 0) is 4.79 Å². The maximum atomic E-state index is 11.9. The number of benzene rings is 2. The summed E-state index contributed by atoms with van der Waals surface area (Å²) < 4.78 is 11.2. The van der Waals surface area contributed by atoms with E-state index in [1.165, 1.54) is 0 Å². The number of carboxylic acids is 1. The number of carbonyl (C=O) groups is 1. The third-order valence-electron chi connectivity index (χ3n) is 5.08. The third-order valence-corrected chi connectivity index (χ3v) is 5.08. The van der Waals surface area contributed by atoms with E-state index in [1.54, 1.807) is 7.11 Å². The van der Waals surface area contributed by atoms with Crippen molar-refractivity contribution in [3.63, 3.8) is 0 Å². The molecular weight excluding hydrogens is 342 g/mol. The van der Waals surface area contributed by atoms with Crippen molar-refractivity contribution in [2.24, 2.45) is 0 Å². The summed E-state index contributed by atoms with van der Waals surface area (Å²) in [6.45, 7) is 3.25. The van der Waals surface area contributed by atoms with Gasteiger partial charge in [-0.15, -0.1) is 0 Å². The molecule has 0 amide bonds. The first kappa shape index (κ1) is 19.2. The molecular formula is C22H27NO4. The zero-order valence-electron chi connectivity index (χ0n) is 15.9. The van der Waals surface area contributed by atoms with Crippen molar-refractivity contribution >= 4 is 5.97 Å². The molecule has 0 radical (unpaired) electrons. The lowest BCUT2D eigenvalue weighted by molar-refractivity contribution is -0.145. The minimum atomic E-state index is -0.756. The van der Waals surface area contributed by atoms with Gasteiger partial charge in [-0.2, -0.15) is 0 Å². The van der Waals surface area contributed by atoms with Gasteiger partial charge in [-0.25, -0.2) is 0 Å². The lowest BCUT2D eigenvalue weighted by atomic mass is 9.91. The summed E-state index contributed by atoms with van der Waals surface area (Å²) in [5, 5.41) is 9.78. The fourth-order valence-electron chi connectivity index (χ4n) is 3.87. The number of methoxy groups -OCH3 is 1. The van der Waals surface area contributed by atoms with Gasteiger partial charge in [0.05, 0.1) is 19.8 Å². The molecule has 1 aliphatic rings. The molecule has 2 aromatic carbocycles. The molecule has 5 nitrogen and oxygen atoms in total. The van der Waals surface area contributed by atoms with Gasteiger partial charge in [-0.3, -0.25) is 9.69 Å². The molecule has 2 aromatic rings. The molecule has 3 rings (SSSR count). The Balaban J connectivity index is 2.06. The third kappa shape index (κ3) is 4.25. The zero-order valence-corrected chi connectivity index (χ0v) is 15.9. The fraction of sp³-hybridized carbons (Fsp3) is 0.409. The second kappa shape index (κ2) is 8.91. The fourth-order valence-corrected chi connectivity index (χ4v) is 3.87. The molecule has 0 aliphatic carbocycles. The first-order valence-corrected chi connectivity index (χ1v) is 9.50. The van der Waals surface area contributed by atoms with Crippen LogP contribution in [-0.4, -0.2) is 42.3 Å². The summed E-state index contributed by atoms with van der Waals surface area (Å²) in [4.78, 5) is 14.0. The Morgan fingerprint density at radius 3 is 2.59 bits per heavy atom. The number of hydrogen-bond acceptors (Lipinski definition) is 4. The Hall–Kier alpha value is -2.53. The molecule has 0 saturated carbocycles. The summed E-state index contributed by atoms with van der Waals surface area (Å²) >= 11 is 0. The first-order chi connectivity index (χ1) is 13.2. The molecule has 2 unspecified atom stereocenters. The number of hydrogen-bond donors (Lipinski definition) is 1. The molecule has 0 aromatic heterocycles. The van der Waals surface area contributed by atoms with Crippen LogP contribution >= 0.6 is 0 Å². The SMILES string of the molecule is CCOc1ccc(C(c2ccccc2)N2CCCCC2C(=O)O)cc1OC. The number of rotatable bonds is 7. The Kier molecular flexibility index (Phi) is 6.35. The highest BCUT2D eigenvalue weighted by atomic mass is 16.5. The van der Waals surface area contributed by atoms with Gasteiger partial charge in [0.25, 0.3) is 0 Å². The number of nitrogens with zero attached hydrogens (tertiary/aromatic N) is 1. The quantitative estimate of drug-likeness (QED) is 0.795. The second-order valence-corrected chi connectivity index (χ2v) is 6.74. The predicted molar refractivity (Wildman–Crippen MR) is 104 cm³/mol. The average Bonchev–Trinajstić information content (AvgIpc) is 2.70. The number of likely N-dealkylation sites (tertiary alicyclic amines) is 1. The van der Waals surface area contributed by atoms with E-state index in [2.05, 4.69) is 17.0 Å². The zero-order chi connectivity index (χ0) is 19.2. The van der Waals surface area contributed by atoms with Gasteiger partial charge in [0, 0.05) is 0 Å². The average molecular weight is 369 g/mol. The summed E-state index contributed by atoms with van der Waals surface area (Å²) in [5.74, 6) is 0.608. The highest BCUT2D eigenvalue weighted by molar-refractivity contribution is 5.73. The van der Waals surface area contributed by atoms with E-state index in [9.17, 15) is 9.90 Å². The molecule has 1 N–H and O–H groups in total. The largest absolute Gasteiger partial charge is 0.493 e. The lowest BCUT2D eigenvalue weighted by Gasteiger charge is -2.39. The number of aliphatic carboxylic acids is 1. The molecule has 1 heterocycles. The second-order valence-electron chi connectivity index (χ2n) is 6.74.